The van der Waals surface area contributed by atoms with E-state index in [9.17, 15) is 9.59 Å². The highest BCUT2D eigenvalue weighted by Gasteiger charge is 2.11. The Balaban J connectivity index is 1.83. The Morgan fingerprint density at radius 1 is 1.16 bits per heavy atom. The summed E-state index contributed by atoms with van der Waals surface area (Å²) < 4.78 is 0. The molecule has 2 aromatic carbocycles. The number of nitrogens with two attached hydrogens (primary N) is 1. The minimum atomic E-state index is -0.501. The fraction of sp³-hybridized carbons (Fsp3) is 0.0556. The number of carbonyl (C=O) groups is 2. The summed E-state index contributed by atoms with van der Waals surface area (Å²) in [6.07, 6.45) is 1.58. The number of carbonyl (C=O) groups excluding carboxylic acids is 2. The topological polar surface area (TPSA) is 101 Å². The summed E-state index contributed by atoms with van der Waals surface area (Å²) in [4.78, 5) is 30.8. The smallest absolute Gasteiger partial charge is 0.258 e. The van der Waals surface area contributed by atoms with Crippen LogP contribution < -0.4 is 11.1 Å². The van der Waals surface area contributed by atoms with Gasteiger partial charge in [0.2, 0.25) is 11.9 Å². The van der Waals surface area contributed by atoms with Gasteiger partial charge in [0.1, 0.15) is 0 Å². The zero-order valence-corrected chi connectivity index (χ0v) is 14.1. The molecule has 3 aromatic rings. The van der Waals surface area contributed by atoms with E-state index in [0.29, 0.717) is 27.8 Å². The molecule has 0 saturated heterocycles. The molecule has 0 atom stereocenters. The molecule has 6 nitrogen and oxygen atoms in total. The molecular weight excluding hydrogens is 340 g/mol. The average molecular weight is 355 g/mol. The van der Waals surface area contributed by atoms with Crippen molar-refractivity contribution in [2.45, 2.75) is 6.92 Å². The molecule has 0 bridgehead atoms. The molecule has 0 aliphatic heterocycles. The number of benzene rings is 2. The molecule has 1 aromatic heterocycles. The third kappa shape index (κ3) is 3.87. The van der Waals surface area contributed by atoms with Gasteiger partial charge in [0, 0.05) is 21.7 Å². The molecule has 126 valence electrons. The van der Waals surface area contributed by atoms with E-state index in [1.54, 1.807) is 42.6 Å². The number of aryl methyl sites for hydroxylation is 1. The lowest BCUT2D eigenvalue weighted by Gasteiger charge is -2.04. The maximum Gasteiger partial charge on any atom is 0.258 e. The number of nitrogens with one attached hydrogen (secondary N) is 2. The number of hydrogen-bond donors (Lipinski definition) is 3. The van der Waals surface area contributed by atoms with Crippen LogP contribution in [0.25, 0.3) is 11.3 Å². The van der Waals surface area contributed by atoms with Gasteiger partial charge in [-0.2, -0.15) is 0 Å². The molecule has 4 N–H and O–H groups in total. The maximum absolute atomic E-state index is 12.2. The van der Waals surface area contributed by atoms with Gasteiger partial charge in [-0.05, 0) is 48.9 Å². The Kier molecular flexibility index (Phi) is 4.54. The molecule has 0 radical (unpaired) electrons. The van der Waals surface area contributed by atoms with E-state index in [0.717, 1.165) is 11.1 Å². The molecule has 0 aliphatic carbocycles. The minimum Gasteiger partial charge on any atom is -0.366 e. The van der Waals surface area contributed by atoms with Crippen LogP contribution in [0.1, 0.15) is 26.3 Å². The summed E-state index contributed by atoms with van der Waals surface area (Å²) in [5.74, 6) is -0.536. The third-order valence-corrected chi connectivity index (χ3v) is 3.80. The van der Waals surface area contributed by atoms with Crippen molar-refractivity contribution in [3.63, 3.8) is 0 Å². The lowest BCUT2D eigenvalue weighted by atomic mass is 10.0. The average Bonchev–Trinajstić information content (AvgIpc) is 3.02. The molecule has 3 rings (SSSR count). The first kappa shape index (κ1) is 16.7. The number of aromatic nitrogens is 2. The fourth-order valence-electron chi connectivity index (χ4n) is 2.42. The van der Waals surface area contributed by atoms with Gasteiger partial charge in [0.25, 0.3) is 5.91 Å². The lowest BCUT2D eigenvalue weighted by molar-refractivity contribution is 0.0997. The van der Waals surface area contributed by atoms with Crippen molar-refractivity contribution in [1.82, 2.24) is 9.97 Å². The first-order chi connectivity index (χ1) is 11.9. The van der Waals surface area contributed by atoms with Crippen LogP contribution in [0.5, 0.6) is 0 Å². The predicted octanol–water partition coefficient (Wildman–Crippen LogP) is 3.39. The van der Waals surface area contributed by atoms with Crippen LogP contribution in [-0.4, -0.2) is 21.8 Å². The van der Waals surface area contributed by atoms with Crippen molar-refractivity contribution in [1.29, 1.82) is 0 Å². The van der Waals surface area contributed by atoms with Crippen molar-refractivity contribution in [3.8, 4) is 11.3 Å². The number of anilines is 1. The van der Waals surface area contributed by atoms with E-state index in [2.05, 4.69) is 15.3 Å². The zero-order valence-electron chi connectivity index (χ0n) is 13.3. The van der Waals surface area contributed by atoms with Gasteiger partial charge in [-0.1, -0.05) is 17.7 Å². The van der Waals surface area contributed by atoms with Gasteiger partial charge in [0.05, 0.1) is 11.9 Å². The van der Waals surface area contributed by atoms with Gasteiger partial charge in [-0.15, -0.1) is 0 Å². The molecule has 25 heavy (non-hydrogen) atoms. The number of primary amides is 1. The first-order valence-corrected chi connectivity index (χ1v) is 7.84. The van der Waals surface area contributed by atoms with Crippen LogP contribution in [0, 0.1) is 6.92 Å². The Labute approximate surface area is 149 Å². The summed E-state index contributed by atoms with van der Waals surface area (Å²) in [7, 11) is 0. The number of nitrogens with zero attached hydrogens (tertiary/aromatic N) is 1. The molecule has 0 aliphatic rings. The zero-order chi connectivity index (χ0) is 18.0. The molecule has 0 unspecified atom stereocenters. The van der Waals surface area contributed by atoms with E-state index >= 15 is 0 Å². The fourth-order valence-corrected chi connectivity index (χ4v) is 2.61. The summed E-state index contributed by atoms with van der Waals surface area (Å²) >= 11 is 5.89. The third-order valence-electron chi connectivity index (χ3n) is 3.57. The Morgan fingerprint density at radius 2 is 1.96 bits per heavy atom. The quantitative estimate of drug-likeness (QED) is 0.669. The number of amides is 2. The van der Waals surface area contributed by atoms with Crippen molar-refractivity contribution >= 4 is 29.4 Å². The van der Waals surface area contributed by atoms with Gasteiger partial charge in [0.15, 0.2) is 0 Å². The van der Waals surface area contributed by atoms with Crippen LogP contribution in [0.2, 0.25) is 5.02 Å². The second kappa shape index (κ2) is 6.78. The summed E-state index contributed by atoms with van der Waals surface area (Å²) in [5, 5.41) is 3.15. The summed E-state index contributed by atoms with van der Waals surface area (Å²) in [5.41, 5.74) is 8.49. The highest BCUT2D eigenvalue weighted by molar-refractivity contribution is 6.31. The molecule has 1 heterocycles. The monoisotopic (exact) mass is 354 g/mol. The van der Waals surface area contributed by atoms with Crippen LogP contribution >= 0.6 is 11.6 Å². The minimum absolute atomic E-state index is 0.294. The summed E-state index contributed by atoms with van der Waals surface area (Å²) in [6, 6.07) is 11.9. The molecule has 2 amide bonds. The largest absolute Gasteiger partial charge is 0.366 e. The summed E-state index contributed by atoms with van der Waals surface area (Å²) in [6.45, 7) is 1.87. The molecular formula is C18H15ClN4O2. The lowest BCUT2D eigenvalue weighted by Crippen LogP contribution is -2.12. The predicted molar refractivity (Wildman–Crippen MR) is 96.7 cm³/mol. The Bertz CT molecular complexity index is 965. The van der Waals surface area contributed by atoms with Crippen molar-refractivity contribution in [3.05, 3.63) is 70.4 Å². The van der Waals surface area contributed by atoms with Crippen LogP contribution in [-0.2, 0) is 0 Å². The number of imidazole rings is 1. The molecule has 7 heteroatoms. The number of H-pyrrole nitrogens is 1. The SMILES string of the molecule is Cc1cc(C(N)=O)cc(-c2cnc(NC(=O)c3cccc(Cl)c3)[nH]2)c1. The van der Waals surface area contributed by atoms with E-state index in [1.807, 2.05) is 13.0 Å². The number of aromatic amines is 1. The standard InChI is InChI=1S/C18H15ClN4O2/c1-10-5-12(7-13(6-10)16(20)24)15-9-21-18(22-15)23-17(25)11-3-2-4-14(19)8-11/h2-9H,1H3,(H2,20,24)(H2,21,22,23,25). The van der Waals surface area contributed by atoms with E-state index in [1.165, 1.54) is 0 Å². The molecule has 0 spiro atoms. The van der Waals surface area contributed by atoms with Crippen LogP contribution in [0.4, 0.5) is 5.95 Å². The Hall–Kier alpha value is -3.12. The Morgan fingerprint density at radius 3 is 2.68 bits per heavy atom. The van der Waals surface area contributed by atoms with Gasteiger partial charge < -0.3 is 10.7 Å². The van der Waals surface area contributed by atoms with Crippen molar-refractivity contribution in [2.24, 2.45) is 5.73 Å². The normalized spacial score (nSPS) is 10.5. The van der Waals surface area contributed by atoms with E-state index in [4.69, 9.17) is 17.3 Å². The first-order valence-electron chi connectivity index (χ1n) is 7.46. The van der Waals surface area contributed by atoms with Gasteiger partial charge in [-0.25, -0.2) is 4.98 Å². The van der Waals surface area contributed by atoms with Crippen molar-refractivity contribution < 1.29 is 9.59 Å². The van der Waals surface area contributed by atoms with E-state index < -0.39 is 5.91 Å². The van der Waals surface area contributed by atoms with Crippen LogP contribution in [0.15, 0.2) is 48.7 Å². The number of rotatable bonds is 4. The highest BCUT2D eigenvalue weighted by Crippen LogP contribution is 2.22. The van der Waals surface area contributed by atoms with Crippen LogP contribution in [0.3, 0.4) is 0 Å². The molecule has 0 saturated carbocycles. The molecule has 0 fully saturated rings. The van der Waals surface area contributed by atoms with Gasteiger partial charge in [-0.3, -0.25) is 14.9 Å². The second-order valence-corrected chi connectivity index (χ2v) is 6.00. The number of hydrogen-bond acceptors (Lipinski definition) is 3. The van der Waals surface area contributed by atoms with Gasteiger partial charge >= 0.3 is 0 Å². The second-order valence-electron chi connectivity index (χ2n) is 5.56. The maximum atomic E-state index is 12.2. The van der Waals surface area contributed by atoms with Crippen molar-refractivity contribution in [2.75, 3.05) is 5.32 Å². The van der Waals surface area contributed by atoms with E-state index in [-0.39, 0.29) is 5.91 Å². The highest BCUT2D eigenvalue weighted by atomic mass is 35.5. The number of halogens is 1.